The Kier molecular flexibility index (Phi) is 5.09. The van der Waals surface area contributed by atoms with E-state index < -0.39 is 0 Å². The number of hydrogen-bond acceptors (Lipinski definition) is 2. The zero-order valence-corrected chi connectivity index (χ0v) is 16.6. The van der Waals surface area contributed by atoms with Gasteiger partial charge in [0.2, 0.25) is 5.91 Å². The highest BCUT2D eigenvalue weighted by atomic mass is 19.1. The fourth-order valence-electron chi connectivity index (χ4n) is 4.04. The van der Waals surface area contributed by atoms with Crippen molar-refractivity contribution in [1.29, 1.82) is 0 Å². The Morgan fingerprint density at radius 2 is 1.90 bits per heavy atom. The Morgan fingerprint density at radius 1 is 1.14 bits per heavy atom. The third kappa shape index (κ3) is 3.88. The number of piperidine rings is 1. The number of rotatable bonds is 3. The van der Waals surface area contributed by atoms with Crippen LogP contribution in [0.25, 0.3) is 10.9 Å². The molecule has 0 saturated carbocycles. The van der Waals surface area contributed by atoms with Crippen LogP contribution >= 0.6 is 0 Å². The number of likely N-dealkylation sites (tertiary alicyclic amines) is 1. The van der Waals surface area contributed by atoms with Crippen LogP contribution in [0, 0.1) is 12.7 Å². The highest BCUT2D eigenvalue weighted by Crippen LogP contribution is 2.30. The zero-order chi connectivity index (χ0) is 20.5. The molecule has 1 aromatic heterocycles. The number of carbonyl (C=O) groups excluding carboxylic acids is 2. The van der Waals surface area contributed by atoms with Crippen LogP contribution in [0.4, 0.5) is 10.1 Å². The molecule has 0 atom stereocenters. The first-order valence-electron chi connectivity index (χ1n) is 9.87. The van der Waals surface area contributed by atoms with Crippen LogP contribution in [0.2, 0.25) is 0 Å². The molecule has 1 saturated heterocycles. The lowest BCUT2D eigenvalue weighted by molar-refractivity contribution is -0.129. The lowest BCUT2D eigenvalue weighted by Gasteiger charge is -2.31. The van der Waals surface area contributed by atoms with E-state index in [9.17, 15) is 14.0 Å². The fraction of sp³-hybridized carbons (Fsp3) is 0.304. The standard InChI is InChI=1S/C23H24FN3O2/c1-14-6-7-20(24)19-13-21(26-22(14)19)23(29)25-18-5-3-4-17(12-18)16-8-10-27(11-9-16)15(2)28/h3-7,12-13,16,26H,8-11H2,1-2H3,(H,25,29). The van der Waals surface area contributed by atoms with E-state index in [0.29, 0.717) is 28.2 Å². The molecule has 1 aliphatic rings. The van der Waals surface area contributed by atoms with E-state index in [1.54, 1.807) is 19.1 Å². The van der Waals surface area contributed by atoms with E-state index in [0.717, 1.165) is 37.1 Å². The number of nitrogens with zero attached hydrogens (tertiary/aromatic N) is 1. The smallest absolute Gasteiger partial charge is 0.272 e. The third-order valence-corrected chi connectivity index (χ3v) is 5.75. The van der Waals surface area contributed by atoms with Crippen molar-refractivity contribution in [2.24, 2.45) is 0 Å². The lowest BCUT2D eigenvalue weighted by Crippen LogP contribution is -2.36. The predicted octanol–water partition coefficient (Wildman–Crippen LogP) is 4.59. The number of benzene rings is 2. The second-order valence-corrected chi connectivity index (χ2v) is 7.70. The molecule has 29 heavy (non-hydrogen) atoms. The molecule has 5 nitrogen and oxygen atoms in total. The minimum atomic E-state index is -0.347. The van der Waals surface area contributed by atoms with E-state index >= 15 is 0 Å². The van der Waals surface area contributed by atoms with Crippen LogP contribution in [0.5, 0.6) is 0 Å². The van der Waals surface area contributed by atoms with Crippen LogP contribution in [-0.2, 0) is 4.79 Å². The number of nitrogens with one attached hydrogen (secondary N) is 2. The summed E-state index contributed by atoms with van der Waals surface area (Å²) in [5.74, 6) is -0.162. The van der Waals surface area contributed by atoms with Crippen LogP contribution in [-0.4, -0.2) is 34.8 Å². The van der Waals surface area contributed by atoms with Gasteiger partial charge in [0.05, 0.1) is 5.52 Å². The van der Waals surface area contributed by atoms with Gasteiger partial charge in [-0.05, 0) is 61.1 Å². The molecule has 0 spiro atoms. The number of aromatic nitrogens is 1. The third-order valence-electron chi connectivity index (χ3n) is 5.75. The maximum atomic E-state index is 14.0. The summed E-state index contributed by atoms with van der Waals surface area (Å²) < 4.78 is 14.0. The van der Waals surface area contributed by atoms with Gasteiger partial charge in [-0.3, -0.25) is 9.59 Å². The van der Waals surface area contributed by atoms with E-state index in [4.69, 9.17) is 0 Å². The average molecular weight is 393 g/mol. The number of H-pyrrole nitrogens is 1. The summed E-state index contributed by atoms with van der Waals surface area (Å²) in [7, 11) is 0. The molecular weight excluding hydrogens is 369 g/mol. The quantitative estimate of drug-likeness (QED) is 0.683. The number of aryl methyl sites for hydroxylation is 1. The topological polar surface area (TPSA) is 65.2 Å². The Labute approximate surface area is 168 Å². The molecule has 2 heterocycles. The van der Waals surface area contributed by atoms with E-state index in [2.05, 4.69) is 16.4 Å². The van der Waals surface area contributed by atoms with E-state index in [-0.39, 0.29) is 17.6 Å². The lowest BCUT2D eigenvalue weighted by atomic mass is 9.89. The second-order valence-electron chi connectivity index (χ2n) is 7.70. The number of hydrogen-bond donors (Lipinski definition) is 2. The van der Waals surface area contributed by atoms with Gasteiger partial charge in [-0.15, -0.1) is 0 Å². The summed E-state index contributed by atoms with van der Waals surface area (Å²) >= 11 is 0. The normalized spacial score (nSPS) is 14.9. The molecule has 2 amide bonds. The maximum Gasteiger partial charge on any atom is 0.272 e. The highest BCUT2D eigenvalue weighted by molar-refractivity contribution is 6.06. The second kappa shape index (κ2) is 7.70. The van der Waals surface area contributed by atoms with Crippen molar-refractivity contribution in [2.75, 3.05) is 18.4 Å². The van der Waals surface area contributed by atoms with Crippen LogP contribution in [0.15, 0.2) is 42.5 Å². The molecule has 6 heteroatoms. The molecule has 0 aliphatic carbocycles. The molecule has 3 aromatic rings. The molecule has 1 aliphatic heterocycles. The minimum absolute atomic E-state index is 0.120. The number of amides is 2. The molecule has 0 radical (unpaired) electrons. The van der Waals surface area contributed by atoms with Gasteiger partial charge in [0.25, 0.3) is 5.91 Å². The Bertz CT molecular complexity index is 1040. The summed E-state index contributed by atoms with van der Waals surface area (Å²) in [6.07, 6.45) is 1.83. The zero-order valence-electron chi connectivity index (χ0n) is 16.6. The monoisotopic (exact) mass is 393 g/mol. The molecule has 0 bridgehead atoms. The van der Waals surface area contributed by atoms with Crippen LogP contribution < -0.4 is 5.32 Å². The minimum Gasteiger partial charge on any atom is -0.350 e. The first kappa shape index (κ1) is 19.2. The molecule has 4 rings (SSSR count). The molecular formula is C23H24FN3O2. The van der Waals surface area contributed by atoms with Crippen molar-refractivity contribution in [1.82, 2.24) is 9.88 Å². The van der Waals surface area contributed by atoms with Crippen molar-refractivity contribution in [3.05, 3.63) is 65.1 Å². The predicted molar refractivity (Wildman–Crippen MR) is 112 cm³/mol. The number of aromatic amines is 1. The van der Waals surface area contributed by atoms with E-state index in [1.807, 2.05) is 30.0 Å². The van der Waals surface area contributed by atoms with Gasteiger partial charge in [-0.25, -0.2) is 4.39 Å². The van der Waals surface area contributed by atoms with Gasteiger partial charge in [0, 0.05) is 31.1 Å². The summed E-state index contributed by atoms with van der Waals surface area (Å²) in [6.45, 7) is 5.00. The van der Waals surface area contributed by atoms with Crippen LogP contribution in [0.1, 0.15) is 47.3 Å². The molecule has 0 unspecified atom stereocenters. The number of carbonyl (C=O) groups is 2. The van der Waals surface area contributed by atoms with Gasteiger partial charge < -0.3 is 15.2 Å². The largest absolute Gasteiger partial charge is 0.350 e. The fourth-order valence-corrected chi connectivity index (χ4v) is 4.04. The van der Waals surface area contributed by atoms with E-state index in [1.165, 1.54) is 6.07 Å². The van der Waals surface area contributed by atoms with Crippen molar-refractivity contribution in [2.45, 2.75) is 32.6 Å². The average Bonchev–Trinajstić information content (AvgIpc) is 3.18. The summed E-state index contributed by atoms with van der Waals surface area (Å²) in [5.41, 5.74) is 3.72. The SMILES string of the molecule is CC(=O)N1CCC(c2cccc(NC(=O)c3cc4c(F)ccc(C)c4[nH]3)c2)CC1. The first-order valence-corrected chi connectivity index (χ1v) is 9.87. The van der Waals surface area contributed by atoms with Gasteiger partial charge >= 0.3 is 0 Å². The molecule has 1 fully saturated rings. The summed E-state index contributed by atoms with van der Waals surface area (Å²) in [6, 6.07) is 12.5. The van der Waals surface area contributed by atoms with Gasteiger partial charge in [-0.1, -0.05) is 18.2 Å². The summed E-state index contributed by atoms with van der Waals surface area (Å²) in [4.78, 5) is 29.1. The number of anilines is 1. The van der Waals surface area contributed by atoms with Gasteiger partial charge in [0.1, 0.15) is 11.5 Å². The summed E-state index contributed by atoms with van der Waals surface area (Å²) in [5, 5.41) is 3.33. The Hall–Kier alpha value is -3.15. The van der Waals surface area contributed by atoms with Crippen molar-refractivity contribution >= 4 is 28.4 Å². The highest BCUT2D eigenvalue weighted by Gasteiger charge is 2.22. The molecule has 150 valence electrons. The van der Waals surface area contributed by atoms with Crippen molar-refractivity contribution < 1.29 is 14.0 Å². The van der Waals surface area contributed by atoms with Crippen LogP contribution in [0.3, 0.4) is 0 Å². The van der Waals surface area contributed by atoms with Crippen molar-refractivity contribution in [3.8, 4) is 0 Å². The maximum absolute atomic E-state index is 14.0. The molecule has 2 N–H and O–H groups in total. The van der Waals surface area contributed by atoms with Gasteiger partial charge in [-0.2, -0.15) is 0 Å². The Morgan fingerprint density at radius 3 is 2.59 bits per heavy atom. The Balaban J connectivity index is 1.50. The van der Waals surface area contributed by atoms with Gasteiger partial charge in [0.15, 0.2) is 0 Å². The molecule has 2 aromatic carbocycles. The number of halogens is 1. The first-order chi connectivity index (χ1) is 13.9. The van der Waals surface area contributed by atoms with Crippen molar-refractivity contribution in [3.63, 3.8) is 0 Å². The number of fused-ring (bicyclic) bond motifs is 1.